The van der Waals surface area contributed by atoms with Crippen LogP contribution in [-0.2, 0) is 0 Å². The fourth-order valence-electron chi connectivity index (χ4n) is 3.84. The first-order valence-corrected chi connectivity index (χ1v) is 10.2. The first-order chi connectivity index (χ1) is 15.1. The second-order valence-corrected chi connectivity index (χ2v) is 7.69. The van der Waals surface area contributed by atoms with Crippen molar-refractivity contribution in [2.24, 2.45) is 0 Å². The van der Waals surface area contributed by atoms with Crippen LogP contribution in [0.4, 0.5) is 0 Å². The molecule has 1 unspecified atom stereocenters. The fourth-order valence-corrected chi connectivity index (χ4v) is 4.06. The van der Waals surface area contributed by atoms with E-state index < -0.39 is 11.0 Å². The third-order valence-electron chi connectivity index (χ3n) is 5.43. The molecule has 5 nitrogen and oxygen atoms in total. The molecule has 0 aliphatic heterocycles. The van der Waals surface area contributed by atoms with Crippen molar-refractivity contribution < 1.29 is 4.42 Å². The van der Waals surface area contributed by atoms with Crippen molar-refractivity contribution in [3.05, 3.63) is 110 Å². The summed E-state index contributed by atoms with van der Waals surface area (Å²) in [5.74, 6) is 0.345. The maximum absolute atomic E-state index is 13.7. The molecule has 2 heterocycles. The molecule has 5 rings (SSSR count). The van der Waals surface area contributed by atoms with Crippen molar-refractivity contribution in [3.63, 3.8) is 0 Å². The van der Waals surface area contributed by atoms with Crippen LogP contribution in [-0.4, -0.2) is 9.55 Å². The molecular weight excluding hydrogens is 412 g/mol. The average Bonchev–Trinajstić information content (AvgIpc) is 2.79. The smallest absolute Gasteiger partial charge is 0.269 e. The molecule has 3 aromatic carbocycles. The third kappa shape index (κ3) is 3.14. The van der Waals surface area contributed by atoms with Gasteiger partial charge in [0.2, 0.25) is 11.1 Å². The van der Waals surface area contributed by atoms with Crippen LogP contribution >= 0.6 is 11.6 Å². The van der Waals surface area contributed by atoms with Crippen LogP contribution in [0.3, 0.4) is 0 Å². The topological polar surface area (TPSA) is 65.1 Å². The quantitative estimate of drug-likeness (QED) is 0.359. The maximum Gasteiger partial charge on any atom is 0.269 e. The molecule has 0 N–H and O–H groups in total. The number of para-hydroxylation sites is 1. The second-order valence-electron chi connectivity index (χ2n) is 7.28. The summed E-state index contributed by atoms with van der Waals surface area (Å²) in [5.41, 5.74) is 1.02. The summed E-state index contributed by atoms with van der Waals surface area (Å²) in [6.45, 7) is 1.90. The molecule has 0 saturated heterocycles. The van der Waals surface area contributed by atoms with Gasteiger partial charge in [0.25, 0.3) is 5.56 Å². The van der Waals surface area contributed by atoms with Gasteiger partial charge in [-0.3, -0.25) is 14.2 Å². The number of benzene rings is 3. The van der Waals surface area contributed by atoms with Gasteiger partial charge in [0.05, 0.1) is 16.5 Å². The number of aromatic nitrogens is 2. The highest BCUT2D eigenvalue weighted by atomic mass is 35.5. The summed E-state index contributed by atoms with van der Waals surface area (Å²) in [7, 11) is 0. The minimum atomic E-state index is -0.462. The van der Waals surface area contributed by atoms with Crippen LogP contribution in [0.25, 0.3) is 33.5 Å². The van der Waals surface area contributed by atoms with E-state index in [2.05, 4.69) is 4.98 Å². The lowest BCUT2D eigenvalue weighted by atomic mass is 10.1. The van der Waals surface area contributed by atoms with E-state index in [1.165, 1.54) is 4.57 Å². The predicted molar refractivity (Wildman–Crippen MR) is 123 cm³/mol. The van der Waals surface area contributed by atoms with Crippen LogP contribution in [0.5, 0.6) is 0 Å². The first-order valence-electron chi connectivity index (χ1n) is 9.84. The normalized spacial score (nSPS) is 12.3. The van der Waals surface area contributed by atoms with E-state index >= 15 is 0 Å². The maximum atomic E-state index is 13.7. The van der Waals surface area contributed by atoms with Crippen LogP contribution in [0.15, 0.2) is 92.9 Å². The number of rotatable bonds is 3. The van der Waals surface area contributed by atoms with Gasteiger partial charge in [-0.25, -0.2) is 0 Å². The van der Waals surface area contributed by atoms with Gasteiger partial charge in [0, 0.05) is 5.56 Å². The Morgan fingerprint density at radius 3 is 2.35 bits per heavy atom. The standard InChI is InChI=1S/C25H17ClN2O3/c1-15(16-9-3-2-4-10-16)28-23(17-11-5-7-13-19(17)26)27-24-21(25(28)30)22(29)18-12-6-8-14-20(18)31-24/h2-15H,1H3. The highest BCUT2D eigenvalue weighted by Crippen LogP contribution is 2.30. The summed E-state index contributed by atoms with van der Waals surface area (Å²) < 4.78 is 7.40. The Bertz CT molecular complexity index is 1560. The molecule has 0 spiro atoms. The number of hydrogen-bond donors (Lipinski definition) is 0. The van der Waals surface area contributed by atoms with E-state index in [0.717, 1.165) is 5.56 Å². The minimum absolute atomic E-state index is 0.000122. The van der Waals surface area contributed by atoms with E-state index in [-0.39, 0.29) is 17.1 Å². The van der Waals surface area contributed by atoms with Crippen molar-refractivity contribution in [2.75, 3.05) is 0 Å². The summed E-state index contributed by atoms with van der Waals surface area (Å²) in [5, 5.41) is 0.724. The van der Waals surface area contributed by atoms with E-state index in [1.54, 1.807) is 36.4 Å². The Balaban J connectivity index is 1.94. The van der Waals surface area contributed by atoms with Crippen LogP contribution in [0, 0.1) is 0 Å². The van der Waals surface area contributed by atoms with E-state index in [4.69, 9.17) is 16.0 Å². The lowest BCUT2D eigenvalue weighted by Crippen LogP contribution is -2.30. The van der Waals surface area contributed by atoms with Gasteiger partial charge in [-0.2, -0.15) is 4.98 Å². The number of halogens is 1. The molecule has 0 radical (unpaired) electrons. The lowest BCUT2D eigenvalue weighted by Gasteiger charge is -2.20. The molecule has 0 bridgehead atoms. The van der Waals surface area contributed by atoms with Gasteiger partial charge < -0.3 is 4.42 Å². The van der Waals surface area contributed by atoms with Gasteiger partial charge in [-0.05, 0) is 36.8 Å². The van der Waals surface area contributed by atoms with Crippen molar-refractivity contribution >= 4 is 33.7 Å². The fraction of sp³-hybridized carbons (Fsp3) is 0.0800. The average molecular weight is 429 g/mol. The monoisotopic (exact) mass is 428 g/mol. The zero-order valence-corrected chi connectivity index (χ0v) is 17.3. The number of hydrogen-bond acceptors (Lipinski definition) is 4. The highest BCUT2D eigenvalue weighted by Gasteiger charge is 2.23. The van der Waals surface area contributed by atoms with Gasteiger partial charge in [0.15, 0.2) is 5.39 Å². The van der Waals surface area contributed by atoms with Gasteiger partial charge >= 0.3 is 0 Å². The summed E-state index contributed by atoms with van der Waals surface area (Å²) in [6, 6.07) is 23.2. The summed E-state index contributed by atoms with van der Waals surface area (Å²) in [6.07, 6.45) is 0. The van der Waals surface area contributed by atoms with Gasteiger partial charge in [-0.15, -0.1) is 0 Å². The number of nitrogens with zero attached hydrogens (tertiary/aromatic N) is 2. The minimum Gasteiger partial charge on any atom is -0.437 e. The predicted octanol–water partition coefficient (Wildman–Crippen LogP) is 5.43. The Labute approximate surface area is 182 Å². The largest absolute Gasteiger partial charge is 0.437 e. The van der Waals surface area contributed by atoms with E-state index in [1.807, 2.05) is 49.4 Å². The van der Waals surface area contributed by atoms with E-state index in [0.29, 0.717) is 27.4 Å². The van der Waals surface area contributed by atoms with Crippen molar-refractivity contribution in [1.29, 1.82) is 0 Å². The highest BCUT2D eigenvalue weighted by molar-refractivity contribution is 6.33. The third-order valence-corrected chi connectivity index (χ3v) is 5.76. The SMILES string of the molecule is CC(c1ccccc1)n1c(-c2ccccc2Cl)nc2oc3ccccc3c(=O)c2c1=O. The van der Waals surface area contributed by atoms with Crippen molar-refractivity contribution in [3.8, 4) is 11.4 Å². The Kier molecular flexibility index (Phi) is 4.68. The number of fused-ring (bicyclic) bond motifs is 2. The molecule has 0 aliphatic rings. The van der Waals surface area contributed by atoms with Gasteiger partial charge in [0.1, 0.15) is 11.4 Å². The zero-order chi connectivity index (χ0) is 21.5. The van der Waals surface area contributed by atoms with Gasteiger partial charge in [-0.1, -0.05) is 66.2 Å². The Morgan fingerprint density at radius 1 is 0.903 bits per heavy atom. The molecule has 0 fully saturated rings. The lowest BCUT2D eigenvalue weighted by molar-refractivity contribution is 0.597. The van der Waals surface area contributed by atoms with Crippen molar-refractivity contribution in [2.45, 2.75) is 13.0 Å². The molecule has 6 heteroatoms. The molecule has 0 saturated carbocycles. The molecule has 0 aliphatic carbocycles. The summed E-state index contributed by atoms with van der Waals surface area (Å²) >= 11 is 6.46. The molecular formula is C25H17ClN2O3. The zero-order valence-electron chi connectivity index (χ0n) is 16.6. The second kappa shape index (κ2) is 7.52. The molecule has 0 amide bonds. The molecule has 5 aromatic rings. The van der Waals surface area contributed by atoms with Crippen molar-refractivity contribution in [1.82, 2.24) is 9.55 Å². The van der Waals surface area contributed by atoms with Crippen LogP contribution in [0.1, 0.15) is 18.5 Å². The van der Waals surface area contributed by atoms with Crippen LogP contribution in [0.2, 0.25) is 5.02 Å². The Morgan fingerprint density at radius 2 is 1.58 bits per heavy atom. The van der Waals surface area contributed by atoms with E-state index in [9.17, 15) is 9.59 Å². The first kappa shape index (κ1) is 19.3. The summed E-state index contributed by atoms with van der Waals surface area (Å²) in [4.78, 5) is 31.6. The molecule has 2 aromatic heterocycles. The van der Waals surface area contributed by atoms with Crippen LogP contribution < -0.4 is 11.0 Å². The Hall–Kier alpha value is -3.70. The molecule has 1 atom stereocenters. The molecule has 31 heavy (non-hydrogen) atoms. The molecule has 152 valence electrons.